The van der Waals surface area contributed by atoms with Crippen molar-refractivity contribution < 1.29 is 31.5 Å². The highest BCUT2D eigenvalue weighted by molar-refractivity contribution is 5.81. The average Bonchev–Trinajstić information content (AvgIpc) is 2.59. The lowest BCUT2D eigenvalue weighted by Gasteiger charge is -2.16. The van der Waals surface area contributed by atoms with E-state index in [2.05, 4.69) is 10.6 Å². The van der Waals surface area contributed by atoms with E-state index in [0.29, 0.717) is 6.07 Å². The molecule has 1 amide bonds. The third-order valence-electron chi connectivity index (χ3n) is 3.43. The highest BCUT2D eigenvalue weighted by Gasteiger charge is 2.30. The third kappa shape index (κ3) is 6.43. The van der Waals surface area contributed by atoms with E-state index in [0.717, 1.165) is 24.3 Å². The SMILES string of the molecule is CC(COc1ccc(F)cc1F)NC(=O)CNc1cccc(C(F)(F)F)c1. The fourth-order valence-corrected chi connectivity index (χ4v) is 2.16. The molecule has 1 unspecified atom stereocenters. The van der Waals surface area contributed by atoms with Gasteiger partial charge in [0.25, 0.3) is 0 Å². The van der Waals surface area contributed by atoms with Crippen LogP contribution in [0.25, 0.3) is 0 Å². The van der Waals surface area contributed by atoms with Crippen molar-refractivity contribution in [3.05, 3.63) is 59.7 Å². The standard InChI is InChI=1S/C18H17F5N2O2/c1-11(10-27-16-6-5-13(19)8-15(16)20)25-17(26)9-24-14-4-2-3-12(7-14)18(21,22)23/h2-8,11,24H,9-10H2,1H3,(H,25,26). The number of rotatable bonds is 7. The summed E-state index contributed by atoms with van der Waals surface area (Å²) in [7, 11) is 0. The minimum atomic E-state index is -4.47. The van der Waals surface area contributed by atoms with E-state index in [9.17, 15) is 26.7 Å². The molecule has 0 aliphatic carbocycles. The van der Waals surface area contributed by atoms with Gasteiger partial charge in [0, 0.05) is 11.8 Å². The first-order valence-electron chi connectivity index (χ1n) is 7.93. The summed E-state index contributed by atoms with van der Waals surface area (Å²) in [5.41, 5.74) is -0.673. The van der Waals surface area contributed by atoms with Gasteiger partial charge in [0.1, 0.15) is 12.4 Å². The van der Waals surface area contributed by atoms with E-state index < -0.39 is 35.3 Å². The molecule has 0 saturated carbocycles. The largest absolute Gasteiger partial charge is 0.488 e. The molecule has 2 aromatic carbocycles. The number of amides is 1. The van der Waals surface area contributed by atoms with E-state index in [1.165, 1.54) is 12.1 Å². The van der Waals surface area contributed by atoms with Gasteiger partial charge in [-0.25, -0.2) is 8.78 Å². The first-order valence-corrected chi connectivity index (χ1v) is 7.93. The van der Waals surface area contributed by atoms with Crippen LogP contribution in [0.5, 0.6) is 5.75 Å². The minimum absolute atomic E-state index is 0.0716. The van der Waals surface area contributed by atoms with Crippen molar-refractivity contribution in [2.75, 3.05) is 18.5 Å². The summed E-state index contributed by atoms with van der Waals surface area (Å²) in [5, 5.41) is 5.15. The van der Waals surface area contributed by atoms with E-state index >= 15 is 0 Å². The quantitative estimate of drug-likeness (QED) is 0.706. The van der Waals surface area contributed by atoms with Gasteiger partial charge in [0.15, 0.2) is 11.6 Å². The number of ether oxygens (including phenoxy) is 1. The highest BCUT2D eigenvalue weighted by atomic mass is 19.4. The molecule has 4 nitrogen and oxygen atoms in total. The van der Waals surface area contributed by atoms with Crippen LogP contribution in [-0.2, 0) is 11.0 Å². The zero-order chi connectivity index (χ0) is 20.0. The smallest absolute Gasteiger partial charge is 0.416 e. The van der Waals surface area contributed by atoms with Crippen molar-refractivity contribution >= 4 is 11.6 Å². The van der Waals surface area contributed by atoms with Crippen LogP contribution in [0.15, 0.2) is 42.5 Å². The normalized spacial score (nSPS) is 12.4. The van der Waals surface area contributed by atoms with Gasteiger partial charge in [-0.15, -0.1) is 0 Å². The van der Waals surface area contributed by atoms with Gasteiger partial charge < -0.3 is 15.4 Å². The van der Waals surface area contributed by atoms with Crippen molar-refractivity contribution in [2.45, 2.75) is 19.1 Å². The molecule has 0 heterocycles. The second-order valence-corrected chi connectivity index (χ2v) is 5.79. The molecule has 146 valence electrons. The maximum atomic E-state index is 13.4. The van der Waals surface area contributed by atoms with Gasteiger partial charge in [0.05, 0.1) is 18.2 Å². The van der Waals surface area contributed by atoms with Gasteiger partial charge in [0.2, 0.25) is 5.91 Å². The Morgan fingerprint density at radius 1 is 1.15 bits per heavy atom. The van der Waals surface area contributed by atoms with Crippen molar-refractivity contribution in [2.24, 2.45) is 0 Å². The predicted molar refractivity (Wildman–Crippen MR) is 89.4 cm³/mol. The summed E-state index contributed by atoms with van der Waals surface area (Å²) >= 11 is 0. The fraction of sp³-hybridized carbons (Fsp3) is 0.278. The van der Waals surface area contributed by atoms with E-state index in [1.807, 2.05) is 0 Å². The van der Waals surface area contributed by atoms with Crippen LogP contribution in [0.1, 0.15) is 12.5 Å². The zero-order valence-corrected chi connectivity index (χ0v) is 14.2. The number of halogens is 5. The molecule has 0 radical (unpaired) electrons. The maximum Gasteiger partial charge on any atom is 0.416 e. The second kappa shape index (κ2) is 8.70. The molecule has 2 aromatic rings. The molecular formula is C18H17F5N2O2. The number of anilines is 1. The van der Waals surface area contributed by atoms with Crippen molar-refractivity contribution in [1.29, 1.82) is 0 Å². The summed E-state index contributed by atoms with van der Waals surface area (Å²) in [6, 6.07) is 6.82. The number of hydrogen-bond acceptors (Lipinski definition) is 3. The van der Waals surface area contributed by atoms with Gasteiger partial charge in [-0.3, -0.25) is 4.79 Å². The lowest BCUT2D eigenvalue weighted by Crippen LogP contribution is -2.40. The molecule has 0 aromatic heterocycles. The fourth-order valence-electron chi connectivity index (χ4n) is 2.16. The van der Waals surface area contributed by atoms with Crippen molar-refractivity contribution in [1.82, 2.24) is 5.32 Å². The van der Waals surface area contributed by atoms with Crippen LogP contribution in [0.4, 0.5) is 27.6 Å². The molecule has 1 atom stereocenters. The van der Waals surface area contributed by atoms with Crippen LogP contribution < -0.4 is 15.4 Å². The van der Waals surface area contributed by atoms with Crippen molar-refractivity contribution in [3.63, 3.8) is 0 Å². The van der Waals surface area contributed by atoms with Gasteiger partial charge >= 0.3 is 6.18 Å². The molecule has 2 N–H and O–H groups in total. The molecular weight excluding hydrogens is 371 g/mol. The molecule has 27 heavy (non-hydrogen) atoms. The topological polar surface area (TPSA) is 50.4 Å². The molecule has 0 bridgehead atoms. The molecule has 0 saturated heterocycles. The lowest BCUT2D eigenvalue weighted by atomic mass is 10.2. The van der Waals surface area contributed by atoms with Crippen LogP contribution in [-0.4, -0.2) is 25.1 Å². The third-order valence-corrected chi connectivity index (χ3v) is 3.43. The monoisotopic (exact) mass is 388 g/mol. The Bertz CT molecular complexity index is 796. The molecule has 9 heteroatoms. The molecule has 0 aliphatic heterocycles. The predicted octanol–water partition coefficient (Wildman–Crippen LogP) is 3.98. The minimum Gasteiger partial charge on any atom is -0.488 e. The molecule has 0 spiro atoms. The van der Waals surface area contributed by atoms with Crippen LogP contribution in [0, 0.1) is 11.6 Å². The summed E-state index contributed by atoms with van der Waals surface area (Å²) in [4.78, 5) is 11.9. The Kier molecular flexibility index (Phi) is 6.59. The lowest BCUT2D eigenvalue weighted by molar-refractivity contribution is -0.137. The number of alkyl halides is 3. The van der Waals surface area contributed by atoms with Crippen LogP contribution in [0.3, 0.4) is 0 Å². The van der Waals surface area contributed by atoms with Crippen LogP contribution in [0.2, 0.25) is 0 Å². The number of hydrogen-bond donors (Lipinski definition) is 2. The van der Waals surface area contributed by atoms with Crippen molar-refractivity contribution in [3.8, 4) is 5.75 Å². The Morgan fingerprint density at radius 3 is 2.56 bits per heavy atom. The Morgan fingerprint density at radius 2 is 1.89 bits per heavy atom. The maximum absolute atomic E-state index is 13.4. The van der Waals surface area contributed by atoms with Crippen LogP contribution >= 0.6 is 0 Å². The van der Waals surface area contributed by atoms with Gasteiger partial charge in [-0.2, -0.15) is 13.2 Å². The van der Waals surface area contributed by atoms with E-state index in [4.69, 9.17) is 4.74 Å². The Balaban J connectivity index is 1.80. The van der Waals surface area contributed by atoms with Gasteiger partial charge in [-0.1, -0.05) is 6.07 Å². The van der Waals surface area contributed by atoms with Gasteiger partial charge in [-0.05, 0) is 37.3 Å². The molecule has 2 rings (SSSR count). The molecule has 0 fully saturated rings. The summed E-state index contributed by atoms with van der Waals surface area (Å²) < 4.78 is 69.4. The summed E-state index contributed by atoms with van der Waals surface area (Å²) in [5.74, 6) is -2.23. The number of benzene rings is 2. The Labute approximate surface area is 152 Å². The number of nitrogens with one attached hydrogen (secondary N) is 2. The summed E-state index contributed by atoms with van der Waals surface area (Å²) in [6.45, 7) is 1.28. The summed E-state index contributed by atoms with van der Waals surface area (Å²) in [6.07, 6.45) is -4.47. The van der Waals surface area contributed by atoms with E-state index in [1.54, 1.807) is 6.92 Å². The number of carbonyl (C=O) groups is 1. The van der Waals surface area contributed by atoms with E-state index in [-0.39, 0.29) is 24.6 Å². The highest BCUT2D eigenvalue weighted by Crippen LogP contribution is 2.30. The zero-order valence-electron chi connectivity index (χ0n) is 14.2. The first-order chi connectivity index (χ1) is 12.6. The average molecular weight is 388 g/mol. The molecule has 0 aliphatic rings. The number of carbonyl (C=O) groups excluding carboxylic acids is 1. The first kappa shape index (κ1) is 20.5. The second-order valence-electron chi connectivity index (χ2n) is 5.79. The Hall–Kier alpha value is -2.84.